The number of morpholine rings is 1. The van der Waals surface area contributed by atoms with Crippen LogP contribution in [0.1, 0.15) is 36.8 Å². The lowest BCUT2D eigenvalue weighted by Gasteiger charge is -2.26. The Morgan fingerprint density at radius 1 is 1.08 bits per heavy atom. The Hall–Kier alpha value is -3.76. The smallest absolute Gasteiger partial charge is 0.341 e. The zero-order valence-corrected chi connectivity index (χ0v) is 20.7. The van der Waals surface area contributed by atoms with Crippen LogP contribution in [0.4, 0.5) is 10.6 Å². The summed E-state index contributed by atoms with van der Waals surface area (Å²) in [7, 11) is 0. The molecule has 2 aromatic carbocycles. The van der Waals surface area contributed by atoms with E-state index in [1.54, 1.807) is 30.3 Å². The van der Waals surface area contributed by atoms with E-state index in [1.807, 2.05) is 32.9 Å². The number of hydrogen-bond acceptors (Lipinski definition) is 7. The summed E-state index contributed by atoms with van der Waals surface area (Å²) in [6.45, 7) is 10.2. The molecule has 2 heterocycles. The van der Waals surface area contributed by atoms with Crippen molar-refractivity contribution in [2.45, 2.75) is 26.2 Å². The molecule has 3 N–H and O–H groups in total. The normalized spacial score (nSPS) is 14.5. The highest BCUT2D eigenvalue weighted by Crippen LogP contribution is 2.29. The summed E-state index contributed by atoms with van der Waals surface area (Å²) in [4.78, 5) is 40.2. The standard InChI is InChI=1S/C26H31N5O5/c1-26(2,3)21-16-22(31(29-21)25(27)34)28-24(33)23(32)19-8-9-20(18-7-5-4-6-17(18)19)36-15-12-30-10-13-35-14-11-30/h4-9,16H,10-15H2,1-3H3,(H2,27,34)(H,28,33). The van der Waals surface area contributed by atoms with E-state index in [0.29, 0.717) is 23.4 Å². The zero-order chi connectivity index (χ0) is 25.9. The maximum absolute atomic E-state index is 13.2. The average molecular weight is 494 g/mol. The summed E-state index contributed by atoms with van der Waals surface area (Å²) >= 11 is 0. The molecule has 10 heteroatoms. The number of nitrogens with two attached hydrogens (primary N) is 1. The number of anilines is 1. The summed E-state index contributed by atoms with van der Waals surface area (Å²) < 4.78 is 12.3. The molecule has 1 aliphatic rings. The van der Waals surface area contributed by atoms with E-state index in [-0.39, 0.29) is 11.4 Å². The maximum atomic E-state index is 13.2. The first-order chi connectivity index (χ1) is 17.1. The third-order valence-corrected chi connectivity index (χ3v) is 6.03. The molecular formula is C26H31N5O5. The molecule has 10 nitrogen and oxygen atoms in total. The molecule has 1 saturated heterocycles. The summed E-state index contributed by atoms with van der Waals surface area (Å²) in [6.07, 6.45) is 0. The lowest BCUT2D eigenvalue weighted by atomic mass is 9.92. The van der Waals surface area contributed by atoms with Gasteiger partial charge in [-0.15, -0.1) is 0 Å². The van der Waals surface area contributed by atoms with Crippen LogP contribution in [0.2, 0.25) is 0 Å². The van der Waals surface area contributed by atoms with E-state index < -0.39 is 23.1 Å². The number of benzene rings is 2. The van der Waals surface area contributed by atoms with Gasteiger partial charge in [0, 0.05) is 42.1 Å². The fourth-order valence-electron chi connectivity index (χ4n) is 4.00. The van der Waals surface area contributed by atoms with Crippen molar-refractivity contribution in [3.8, 4) is 5.75 Å². The largest absolute Gasteiger partial charge is 0.492 e. The van der Waals surface area contributed by atoms with Crippen molar-refractivity contribution in [3.05, 3.63) is 53.7 Å². The van der Waals surface area contributed by atoms with Gasteiger partial charge in [-0.2, -0.15) is 9.78 Å². The van der Waals surface area contributed by atoms with Crippen LogP contribution < -0.4 is 15.8 Å². The van der Waals surface area contributed by atoms with E-state index in [0.717, 1.165) is 42.9 Å². The number of amides is 2. The summed E-state index contributed by atoms with van der Waals surface area (Å²) in [5.74, 6) is -0.972. The molecule has 1 fully saturated rings. The Labute approximate surface area is 209 Å². The highest BCUT2D eigenvalue weighted by atomic mass is 16.5. The second-order valence-corrected chi connectivity index (χ2v) is 9.66. The van der Waals surface area contributed by atoms with Crippen LogP contribution in [0.5, 0.6) is 5.75 Å². The van der Waals surface area contributed by atoms with Gasteiger partial charge in [0.15, 0.2) is 0 Å². The molecule has 190 valence electrons. The number of ketones is 1. The molecule has 1 aliphatic heterocycles. The molecule has 0 atom stereocenters. The van der Waals surface area contributed by atoms with Gasteiger partial charge in [0.05, 0.1) is 18.9 Å². The van der Waals surface area contributed by atoms with E-state index in [4.69, 9.17) is 15.2 Å². The van der Waals surface area contributed by atoms with Gasteiger partial charge in [0.2, 0.25) is 0 Å². The van der Waals surface area contributed by atoms with Crippen LogP contribution in [0.3, 0.4) is 0 Å². The van der Waals surface area contributed by atoms with Crippen molar-refractivity contribution in [2.75, 3.05) is 44.8 Å². The van der Waals surface area contributed by atoms with Crippen LogP contribution in [0, 0.1) is 0 Å². The number of hydrogen-bond donors (Lipinski definition) is 2. The number of primary amides is 1. The number of nitrogens with one attached hydrogen (secondary N) is 1. The zero-order valence-electron chi connectivity index (χ0n) is 20.7. The fraction of sp³-hybridized carbons (Fsp3) is 0.385. The van der Waals surface area contributed by atoms with Gasteiger partial charge in [-0.25, -0.2) is 4.79 Å². The maximum Gasteiger partial charge on any atom is 0.341 e. The van der Waals surface area contributed by atoms with Gasteiger partial charge in [0.25, 0.3) is 11.7 Å². The molecule has 0 unspecified atom stereocenters. The van der Waals surface area contributed by atoms with Gasteiger partial charge in [-0.3, -0.25) is 14.5 Å². The van der Waals surface area contributed by atoms with Crippen molar-refractivity contribution in [1.29, 1.82) is 0 Å². The van der Waals surface area contributed by atoms with Crippen molar-refractivity contribution in [1.82, 2.24) is 14.7 Å². The lowest BCUT2D eigenvalue weighted by molar-refractivity contribution is -0.112. The second kappa shape index (κ2) is 10.5. The Morgan fingerprint density at radius 3 is 2.44 bits per heavy atom. The first kappa shape index (κ1) is 25.3. The number of nitrogens with zero attached hydrogens (tertiary/aromatic N) is 3. The molecule has 3 aromatic rings. The number of aromatic nitrogens is 2. The fourth-order valence-corrected chi connectivity index (χ4v) is 4.00. The second-order valence-electron chi connectivity index (χ2n) is 9.66. The molecular weight excluding hydrogens is 462 g/mol. The number of fused-ring (bicyclic) bond motifs is 1. The Balaban J connectivity index is 1.53. The number of rotatable bonds is 7. The topological polar surface area (TPSA) is 129 Å². The predicted molar refractivity (Wildman–Crippen MR) is 136 cm³/mol. The molecule has 1 aromatic heterocycles. The van der Waals surface area contributed by atoms with E-state index in [1.165, 1.54) is 0 Å². The summed E-state index contributed by atoms with van der Waals surface area (Å²) in [6, 6.07) is 11.2. The van der Waals surface area contributed by atoms with Crippen LogP contribution >= 0.6 is 0 Å². The quantitative estimate of drug-likeness (QED) is 0.382. The van der Waals surface area contributed by atoms with Crippen LogP contribution in [0.15, 0.2) is 42.5 Å². The monoisotopic (exact) mass is 493 g/mol. The van der Waals surface area contributed by atoms with Crippen molar-refractivity contribution >= 4 is 34.3 Å². The van der Waals surface area contributed by atoms with Crippen LogP contribution in [-0.4, -0.2) is 71.9 Å². The van der Waals surface area contributed by atoms with Gasteiger partial charge in [-0.05, 0) is 17.5 Å². The van der Waals surface area contributed by atoms with Gasteiger partial charge >= 0.3 is 6.03 Å². The van der Waals surface area contributed by atoms with Gasteiger partial charge in [0.1, 0.15) is 18.2 Å². The number of Topliss-reactive ketones (excluding diaryl/α,β-unsaturated/α-hetero) is 1. The molecule has 36 heavy (non-hydrogen) atoms. The number of carbonyl (C=O) groups is 3. The molecule has 0 spiro atoms. The molecule has 2 amide bonds. The van der Waals surface area contributed by atoms with Gasteiger partial charge in [-0.1, -0.05) is 45.0 Å². The average Bonchev–Trinajstić information content (AvgIpc) is 3.29. The highest BCUT2D eigenvalue weighted by molar-refractivity contribution is 6.48. The van der Waals surface area contributed by atoms with E-state index >= 15 is 0 Å². The Morgan fingerprint density at radius 2 is 1.78 bits per heavy atom. The van der Waals surface area contributed by atoms with Crippen molar-refractivity contribution < 1.29 is 23.9 Å². The minimum absolute atomic E-state index is 0.0400. The minimum atomic E-state index is -0.899. The lowest BCUT2D eigenvalue weighted by Crippen LogP contribution is -2.38. The third kappa shape index (κ3) is 5.55. The molecule has 0 saturated carbocycles. The first-order valence-electron chi connectivity index (χ1n) is 11.9. The van der Waals surface area contributed by atoms with E-state index in [9.17, 15) is 14.4 Å². The van der Waals surface area contributed by atoms with Crippen LogP contribution in [0.25, 0.3) is 10.8 Å². The summed E-state index contributed by atoms with van der Waals surface area (Å²) in [5, 5.41) is 8.01. The number of ether oxygens (including phenoxy) is 2. The highest BCUT2D eigenvalue weighted by Gasteiger charge is 2.26. The van der Waals surface area contributed by atoms with Gasteiger partial charge < -0.3 is 20.5 Å². The molecule has 4 rings (SSSR count). The first-order valence-corrected chi connectivity index (χ1v) is 11.9. The SMILES string of the molecule is CC(C)(C)c1cc(NC(=O)C(=O)c2ccc(OCCN3CCOCC3)c3ccccc23)n(C(N)=O)n1. The molecule has 0 bridgehead atoms. The number of carbonyl (C=O) groups excluding carboxylic acids is 3. The molecule has 0 radical (unpaired) electrons. The predicted octanol–water partition coefficient (Wildman–Crippen LogP) is 2.79. The van der Waals surface area contributed by atoms with E-state index in [2.05, 4.69) is 15.3 Å². The third-order valence-electron chi connectivity index (χ3n) is 6.03. The van der Waals surface area contributed by atoms with Crippen LogP contribution in [-0.2, 0) is 14.9 Å². The Bertz CT molecular complexity index is 1290. The minimum Gasteiger partial charge on any atom is -0.492 e. The summed E-state index contributed by atoms with van der Waals surface area (Å²) in [5.41, 5.74) is 5.80. The Kier molecular flexibility index (Phi) is 7.37. The van der Waals surface area contributed by atoms with Crippen molar-refractivity contribution in [2.24, 2.45) is 5.73 Å². The molecule has 0 aliphatic carbocycles. The van der Waals surface area contributed by atoms with Crippen molar-refractivity contribution in [3.63, 3.8) is 0 Å².